The number of nitrogens with zero attached hydrogens (tertiary/aromatic N) is 2. The highest BCUT2D eigenvalue weighted by Crippen LogP contribution is 2.24. The normalized spacial score (nSPS) is 28.8. The Morgan fingerprint density at radius 2 is 2.00 bits per heavy atom. The van der Waals surface area contributed by atoms with Gasteiger partial charge in [-0.15, -0.1) is 0 Å². The van der Waals surface area contributed by atoms with Crippen molar-refractivity contribution in [3.8, 4) is 0 Å². The second-order valence-electron chi connectivity index (χ2n) is 6.84. The molecule has 2 saturated heterocycles. The highest BCUT2D eigenvalue weighted by Gasteiger charge is 2.31. The molecule has 130 valence electrons. The van der Waals surface area contributed by atoms with E-state index < -0.39 is 10.0 Å². The summed E-state index contributed by atoms with van der Waals surface area (Å²) in [5, 5.41) is 0. The van der Waals surface area contributed by atoms with Gasteiger partial charge in [-0.3, -0.25) is 9.71 Å². The fourth-order valence-electron chi connectivity index (χ4n) is 3.74. The number of likely N-dealkylation sites (tertiary alicyclic amines) is 1. The van der Waals surface area contributed by atoms with E-state index in [1.807, 2.05) is 12.1 Å². The molecule has 24 heavy (non-hydrogen) atoms. The Morgan fingerprint density at radius 3 is 2.75 bits per heavy atom. The van der Waals surface area contributed by atoms with Crippen molar-refractivity contribution in [2.75, 3.05) is 32.8 Å². The molecule has 0 spiro atoms. The second kappa shape index (κ2) is 6.46. The van der Waals surface area contributed by atoms with Crippen molar-refractivity contribution in [2.24, 2.45) is 10.9 Å². The van der Waals surface area contributed by atoms with Gasteiger partial charge in [-0.25, -0.2) is 8.42 Å². The molecule has 3 aliphatic heterocycles. The van der Waals surface area contributed by atoms with Crippen LogP contribution in [0.5, 0.6) is 0 Å². The number of piperidine rings is 1. The first kappa shape index (κ1) is 16.1. The Bertz CT molecular complexity index is 733. The minimum absolute atomic E-state index is 0.185. The number of nitrogens with one attached hydrogen (secondary N) is 1. The van der Waals surface area contributed by atoms with Crippen LogP contribution in [0.3, 0.4) is 0 Å². The molecule has 0 bridgehead atoms. The van der Waals surface area contributed by atoms with Crippen LogP contribution >= 0.6 is 0 Å². The molecule has 1 N–H and O–H groups in total. The SMILES string of the molecule is O=S1(=O)NC(=NC2CCN(CC3CCOC3)CC2)c2ccccc21. The fraction of sp³-hybridized carbons (Fsp3) is 0.588. The number of amidine groups is 1. The zero-order valence-electron chi connectivity index (χ0n) is 13.6. The number of hydrogen-bond donors (Lipinski definition) is 1. The molecular formula is C17H23N3O3S. The molecule has 0 saturated carbocycles. The summed E-state index contributed by atoms with van der Waals surface area (Å²) < 4.78 is 32.3. The molecule has 0 radical (unpaired) electrons. The lowest BCUT2D eigenvalue weighted by molar-refractivity contribution is 0.153. The van der Waals surface area contributed by atoms with E-state index in [-0.39, 0.29) is 6.04 Å². The third-order valence-corrected chi connectivity index (χ3v) is 6.47. The Balaban J connectivity index is 1.41. The maximum Gasteiger partial charge on any atom is 0.263 e. The topological polar surface area (TPSA) is 71.0 Å². The van der Waals surface area contributed by atoms with Crippen LogP contribution in [0.4, 0.5) is 0 Å². The number of fused-ring (bicyclic) bond motifs is 1. The third kappa shape index (κ3) is 3.20. The fourth-order valence-corrected chi connectivity index (χ4v) is 4.97. The largest absolute Gasteiger partial charge is 0.381 e. The maximum atomic E-state index is 12.1. The summed E-state index contributed by atoms with van der Waals surface area (Å²) in [4.78, 5) is 7.54. The average molecular weight is 349 g/mol. The standard InChI is InChI=1S/C17H23N3O3S/c21-24(22)16-4-2-1-3-15(16)17(19-24)18-14-5-8-20(9-6-14)11-13-7-10-23-12-13/h1-4,13-14H,5-12H2,(H,18,19). The molecule has 0 aliphatic carbocycles. The molecule has 1 aromatic rings. The average Bonchev–Trinajstić information content (AvgIpc) is 3.17. The molecule has 0 aromatic heterocycles. The van der Waals surface area contributed by atoms with Crippen LogP contribution in [-0.2, 0) is 14.8 Å². The van der Waals surface area contributed by atoms with Gasteiger partial charge in [0, 0.05) is 31.8 Å². The molecular weight excluding hydrogens is 326 g/mol. The maximum absolute atomic E-state index is 12.1. The summed E-state index contributed by atoms with van der Waals surface area (Å²) in [6, 6.07) is 7.23. The minimum atomic E-state index is -3.44. The van der Waals surface area contributed by atoms with Crippen LogP contribution in [0.2, 0.25) is 0 Å². The molecule has 6 nitrogen and oxygen atoms in total. The van der Waals surface area contributed by atoms with Crippen molar-refractivity contribution in [2.45, 2.75) is 30.2 Å². The number of benzene rings is 1. The smallest absolute Gasteiger partial charge is 0.263 e. The van der Waals surface area contributed by atoms with Gasteiger partial charge >= 0.3 is 0 Å². The summed E-state index contributed by atoms with van der Waals surface area (Å²) >= 11 is 0. The van der Waals surface area contributed by atoms with Gasteiger partial charge in [0.15, 0.2) is 0 Å². The lowest BCUT2D eigenvalue weighted by Gasteiger charge is -2.31. The van der Waals surface area contributed by atoms with Gasteiger partial charge in [0.2, 0.25) is 0 Å². The van der Waals surface area contributed by atoms with Gasteiger partial charge in [-0.1, -0.05) is 12.1 Å². The second-order valence-corrected chi connectivity index (χ2v) is 8.49. The monoisotopic (exact) mass is 349 g/mol. The van der Waals surface area contributed by atoms with Crippen molar-refractivity contribution in [1.82, 2.24) is 9.62 Å². The van der Waals surface area contributed by atoms with Gasteiger partial charge in [0.1, 0.15) is 5.84 Å². The summed E-state index contributed by atoms with van der Waals surface area (Å²) in [5.74, 6) is 1.18. The first-order chi connectivity index (χ1) is 11.6. The zero-order valence-corrected chi connectivity index (χ0v) is 14.5. The van der Waals surface area contributed by atoms with Crippen molar-refractivity contribution < 1.29 is 13.2 Å². The zero-order chi connectivity index (χ0) is 16.6. The van der Waals surface area contributed by atoms with E-state index >= 15 is 0 Å². The molecule has 1 unspecified atom stereocenters. The number of aliphatic imine (C=N–C) groups is 1. The van der Waals surface area contributed by atoms with Crippen LogP contribution in [0, 0.1) is 5.92 Å². The summed E-state index contributed by atoms with van der Waals surface area (Å²) in [7, 11) is -3.44. The lowest BCUT2D eigenvalue weighted by Crippen LogP contribution is -2.39. The van der Waals surface area contributed by atoms with Crippen LogP contribution in [0.15, 0.2) is 34.2 Å². The third-order valence-electron chi connectivity index (χ3n) is 5.07. The predicted molar refractivity (Wildman–Crippen MR) is 91.7 cm³/mol. The first-order valence-electron chi connectivity index (χ1n) is 8.62. The van der Waals surface area contributed by atoms with E-state index in [1.54, 1.807) is 12.1 Å². The Labute approximate surface area is 143 Å². The predicted octanol–water partition coefficient (Wildman–Crippen LogP) is 1.23. The van der Waals surface area contributed by atoms with Crippen LogP contribution in [-0.4, -0.2) is 58.0 Å². The van der Waals surface area contributed by atoms with Crippen LogP contribution in [0.1, 0.15) is 24.8 Å². The Hall–Kier alpha value is -1.44. The lowest BCUT2D eigenvalue weighted by atomic mass is 10.0. The van der Waals surface area contributed by atoms with Gasteiger partial charge in [0.25, 0.3) is 10.0 Å². The highest BCUT2D eigenvalue weighted by molar-refractivity contribution is 7.90. The van der Waals surface area contributed by atoms with Crippen LogP contribution < -0.4 is 4.72 Å². The van der Waals surface area contributed by atoms with Crippen molar-refractivity contribution in [3.63, 3.8) is 0 Å². The number of rotatable bonds is 3. The Morgan fingerprint density at radius 1 is 1.21 bits per heavy atom. The number of sulfonamides is 1. The van der Waals surface area contributed by atoms with Crippen molar-refractivity contribution in [1.29, 1.82) is 0 Å². The molecule has 1 aromatic carbocycles. The molecule has 7 heteroatoms. The number of ether oxygens (including phenoxy) is 1. The molecule has 0 amide bonds. The summed E-state index contributed by atoms with van der Waals surface area (Å²) in [6.07, 6.45) is 3.11. The van der Waals surface area contributed by atoms with Crippen LogP contribution in [0.25, 0.3) is 0 Å². The molecule has 1 atom stereocenters. The van der Waals surface area contributed by atoms with Gasteiger partial charge in [-0.2, -0.15) is 0 Å². The quantitative estimate of drug-likeness (QED) is 0.891. The number of hydrogen-bond acceptors (Lipinski definition) is 5. The molecule has 3 aliphatic rings. The van der Waals surface area contributed by atoms with E-state index in [0.717, 1.165) is 45.7 Å². The van der Waals surface area contributed by atoms with E-state index in [9.17, 15) is 8.42 Å². The molecule has 3 heterocycles. The Kier molecular flexibility index (Phi) is 4.32. The van der Waals surface area contributed by atoms with E-state index in [0.29, 0.717) is 22.2 Å². The van der Waals surface area contributed by atoms with E-state index in [1.165, 1.54) is 6.42 Å². The van der Waals surface area contributed by atoms with Crippen molar-refractivity contribution >= 4 is 15.9 Å². The first-order valence-corrected chi connectivity index (χ1v) is 10.1. The van der Waals surface area contributed by atoms with E-state index in [4.69, 9.17) is 9.73 Å². The van der Waals surface area contributed by atoms with Gasteiger partial charge < -0.3 is 9.64 Å². The van der Waals surface area contributed by atoms with Gasteiger partial charge in [-0.05, 0) is 37.3 Å². The van der Waals surface area contributed by atoms with Crippen molar-refractivity contribution in [3.05, 3.63) is 29.8 Å². The molecule has 4 rings (SSSR count). The molecule has 2 fully saturated rings. The summed E-state index contributed by atoms with van der Waals surface area (Å²) in [6.45, 7) is 4.94. The van der Waals surface area contributed by atoms with Gasteiger partial charge in [0.05, 0.1) is 17.5 Å². The minimum Gasteiger partial charge on any atom is -0.381 e. The highest BCUT2D eigenvalue weighted by atomic mass is 32.2. The van der Waals surface area contributed by atoms with E-state index in [2.05, 4.69) is 9.62 Å². The summed E-state index contributed by atoms with van der Waals surface area (Å²) in [5.41, 5.74) is 0.697.